The van der Waals surface area contributed by atoms with E-state index in [9.17, 15) is 0 Å². The summed E-state index contributed by atoms with van der Waals surface area (Å²) >= 11 is 0. The second kappa shape index (κ2) is 5.00. The normalized spacial score (nSPS) is 28.6. The van der Waals surface area contributed by atoms with E-state index in [1.54, 1.807) is 0 Å². The van der Waals surface area contributed by atoms with Crippen molar-refractivity contribution < 1.29 is 0 Å². The second-order valence-corrected chi connectivity index (χ2v) is 5.89. The number of aryl methyl sites for hydroxylation is 1. The lowest BCUT2D eigenvalue weighted by Crippen LogP contribution is -2.31. The van der Waals surface area contributed by atoms with Gasteiger partial charge in [0, 0.05) is 25.4 Å². The first-order valence-electron chi connectivity index (χ1n) is 7.43. The maximum Gasteiger partial charge on any atom is 0.152 e. The maximum absolute atomic E-state index is 4.76. The van der Waals surface area contributed by atoms with Crippen LogP contribution in [0.15, 0.2) is 0 Å². The van der Waals surface area contributed by atoms with E-state index < -0.39 is 0 Å². The van der Waals surface area contributed by atoms with Gasteiger partial charge in [-0.3, -0.25) is 0 Å². The van der Waals surface area contributed by atoms with Crippen LogP contribution in [0.2, 0.25) is 0 Å². The average Bonchev–Trinajstić information content (AvgIpc) is 2.94. The lowest BCUT2D eigenvalue weighted by atomic mass is 10.0. The van der Waals surface area contributed by atoms with E-state index in [-0.39, 0.29) is 0 Å². The highest BCUT2D eigenvalue weighted by atomic mass is 15.4. The Hall–Kier alpha value is -0.900. The molecule has 2 atom stereocenters. The Balaban J connectivity index is 1.70. The lowest BCUT2D eigenvalue weighted by molar-refractivity contribution is 0.263. The Kier molecular flexibility index (Phi) is 3.37. The Morgan fingerprint density at radius 1 is 1.28 bits per heavy atom. The Bertz CT molecular complexity index is 412. The Morgan fingerprint density at radius 3 is 3.00 bits per heavy atom. The van der Waals surface area contributed by atoms with E-state index in [1.807, 2.05) is 0 Å². The molecule has 2 aliphatic rings. The number of aromatic nitrogens is 3. The zero-order valence-electron chi connectivity index (χ0n) is 11.6. The third kappa shape index (κ3) is 2.30. The molecule has 0 aromatic carbocycles. The van der Waals surface area contributed by atoms with Crippen molar-refractivity contribution in [1.29, 1.82) is 0 Å². The number of hydrogen-bond acceptors (Lipinski definition) is 3. The number of hydrogen-bond donors (Lipinski definition) is 0. The van der Waals surface area contributed by atoms with Crippen LogP contribution in [-0.2, 0) is 19.4 Å². The molecular formula is C14H24N4. The van der Waals surface area contributed by atoms with Crippen LogP contribution in [0, 0.1) is 5.92 Å². The van der Waals surface area contributed by atoms with Crippen molar-refractivity contribution in [1.82, 2.24) is 19.7 Å². The van der Waals surface area contributed by atoms with Crippen LogP contribution < -0.4 is 0 Å². The third-order valence-corrected chi connectivity index (χ3v) is 4.48. The number of likely N-dealkylation sites (tertiary alicyclic amines) is 1. The first kappa shape index (κ1) is 12.2. The predicted octanol–water partition coefficient (Wildman–Crippen LogP) is 1.89. The van der Waals surface area contributed by atoms with E-state index in [0.29, 0.717) is 6.04 Å². The van der Waals surface area contributed by atoms with Crippen LogP contribution in [0.3, 0.4) is 0 Å². The highest BCUT2D eigenvalue weighted by Crippen LogP contribution is 2.22. The van der Waals surface area contributed by atoms with Crippen LogP contribution in [0.4, 0.5) is 0 Å². The molecule has 1 aromatic rings. The summed E-state index contributed by atoms with van der Waals surface area (Å²) in [5, 5.41) is 4.70. The van der Waals surface area contributed by atoms with Crippen LogP contribution >= 0.6 is 0 Å². The molecule has 1 saturated heterocycles. The minimum absolute atomic E-state index is 0.678. The highest BCUT2D eigenvalue weighted by Gasteiger charge is 2.26. The summed E-state index contributed by atoms with van der Waals surface area (Å²) in [6.07, 6.45) is 6.05. The molecule has 0 N–H and O–H groups in total. The zero-order chi connectivity index (χ0) is 12.5. The SMILES string of the molecule is CCN1CCCC1Cc1nc2n(n1)CCC(C)C2. The van der Waals surface area contributed by atoms with Crippen LogP contribution in [0.5, 0.6) is 0 Å². The summed E-state index contributed by atoms with van der Waals surface area (Å²) in [5.74, 6) is 3.06. The zero-order valence-corrected chi connectivity index (χ0v) is 11.6. The molecule has 2 aliphatic heterocycles. The quantitative estimate of drug-likeness (QED) is 0.819. The molecule has 0 bridgehead atoms. The molecule has 0 amide bonds. The molecule has 2 unspecified atom stereocenters. The van der Waals surface area contributed by atoms with Crippen molar-refractivity contribution in [2.45, 2.75) is 58.5 Å². The van der Waals surface area contributed by atoms with E-state index in [2.05, 4.69) is 23.4 Å². The molecule has 4 heteroatoms. The van der Waals surface area contributed by atoms with Gasteiger partial charge in [0.25, 0.3) is 0 Å². The van der Waals surface area contributed by atoms with Gasteiger partial charge in [0.05, 0.1) is 0 Å². The molecule has 3 heterocycles. The van der Waals surface area contributed by atoms with Crippen molar-refractivity contribution in [2.75, 3.05) is 13.1 Å². The fourth-order valence-corrected chi connectivity index (χ4v) is 3.35. The van der Waals surface area contributed by atoms with Gasteiger partial charge in [-0.25, -0.2) is 9.67 Å². The van der Waals surface area contributed by atoms with E-state index in [0.717, 1.165) is 37.7 Å². The minimum atomic E-state index is 0.678. The Morgan fingerprint density at radius 2 is 2.17 bits per heavy atom. The minimum Gasteiger partial charge on any atom is -0.300 e. The largest absolute Gasteiger partial charge is 0.300 e. The lowest BCUT2D eigenvalue weighted by Gasteiger charge is -2.21. The van der Waals surface area contributed by atoms with E-state index >= 15 is 0 Å². The highest BCUT2D eigenvalue weighted by molar-refractivity contribution is 5.00. The predicted molar refractivity (Wildman–Crippen MR) is 71.5 cm³/mol. The third-order valence-electron chi connectivity index (χ3n) is 4.48. The van der Waals surface area contributed by atoms with Gasteiger partial charge in [0.2, 0.25) is 0 Å². The van der Waals surface area contributed by atoms with Crippen LogP contribution in [-0.4, -0.2) is 38.8 Å². The molecular weight excluding hydrogens is 224 g/mol. The van der Waals surface area contributed by atoms with Crippen molar-refractivity contribution in [2.24, 2.45) is 5.92 Å². The molecule has 0 spiro atoms. The van der Waals surface area contributed by atoms with Gasteiger partial charge in [-0.1, -0.05) is 13.8 Å². The smallest absolute Gasteiger partial charge is 0.152 e. The standard InChI is InChI=1S/C14H24N4/c1-3-17-7-4-5-12(17)10-13-15-14-9-11(2)6-8-18(14)16-13/h11-12H,3-10H2,1-2H3. The first-order chi connectivity index (χ1) is 8.76. The topological polar surface area (TPSA) is 34.0 Å². The van der Waals surface area contributed by atoms with Crippen molar-refractivity contribution >= 4 is 0 Å². The van der Waals surface area contributed by atoms with Crippen molar-refractivity contribution in [3.8, 4) is 0 Å². The Labute approximate surface area is 109 Å². The summed E-state index contributed by atoms with van der Waals surface area (Å²) in [6, 6.07) is 0.678. The van der Waals surface area contributed by atoms with Gasteiger partial charge in [0.1, 0.15) is 5.82 Å². The number of fused-ring (bicyclic) bond motifs is 1. The summed E-state index contributed by atoms with van der Waals surface area (Å²) in [6.45, 7) is 8.05. The molecule has 0 saturated carbocycles. The van der Waals surface area contributed by atoms with Gasteiger partial charge in [-0.2, -0.15) is 5.10 Å². The fraction of sp³-hybridized carbons (Fsp3) is 0.857. The van der Waals surface area contributed by atoms with E-state index in [4.69, 9.17) is 10.1 Å². The monoisotopic (exact) mass is 248 g/mol. The van der Waals surface area contributed by atoms with Gasteiger partial charge in [-0.15, -0.1) is 0 Å². The van der Waals surface area contributed by atoms with Gasteiger partial charge in [-0.05, 0) is 38.3 Å². The summed E-state index contributed by atoms with van der Waals surface area (Å²) in [5.41, 5.74) is 0. The van der Waals surface area contributed by atoms with Crippen molar-refractivity contribution in [3.63, 3.8) is 0 Å². The summed E-state index contributed by atoms with van der Waals surface area (Å²) in [4.78, 5) is 7.33. The number of likely N-dealkylation sites (N-methyl/N-ethyl adjacent to an activating group) is 1. The molecule has 1 fully saturated rings. The van der Waals surface area contributed by atoms with Crippen LogP contribution in [0.25, 0.3) is 0 Å². The van der Waals surface area contributed by atoms with Gasteiger partial charge in [0.15, 0.2) is 5.82 Å². The van der Waals surface area contributed by atoms with Gasteiger partial charge >= 0.3 is 0 Å². The summed E-state index contributed by atoms with van der Waals surface area (Å²) < 4.78 is 2.14. The average molecular weight is 248 g/mol. The number of rotatable bonds is 3. The van der Waals surface area contributed by atoms with Crippen molar-refractivity contribution in [3.05, 3.63) is 11.6 Å². The first-order valence-corrected chi connectivity index (χ1v) is 7.43. The molecule has 1 aromatic heterocycles. The summed E-state index contributed by atoms with van der Waals surface area (Å²) in [7, 11) is 0. The van der Waals surface area contributed by atoms with Gasteiger partial charge < -0.3 is 4.90 Å². The molecule has 4 nitrogen and oxygen atoms in total. The molecule has 100 valence electrons. The fourth-order valence-electron chi connectivity index (χ4n) is 3.35. The molecule has 0 aliphatic carbocycles. The molecule has 3 rings (SSSR count). The van der Waals surface area contributed by atoms with E-state index in [1.165, 1.54) is 31.6 Å². The molecule has 0 radical (unpaired) electrons. The number of nitrogens with zero attached hydrogens (tertiary/aromatic N) is 4. The maximum atomic E-state index is 4.76. The molecule has 18 heavy (non-hydrogen) atoms. The van der Waals surface area contributed by atoms with Crippen LogP contribution in [0.1, 0.15) is 44.8 Å². The second-order valence-electron chi connectivity index (χ2n) is 5.89.